The average molecular weight is 633 g/mol. The van der Waals surface area contributed by atoms with E-state index in [1.54, 1.807) is 0 Å². The smallest absolute Gasteiger partial charge is 0.169 e. The van der Waals surface area contributed by atoms with E-state index in [4.69, 9.17) is 18.9 Å². The number of rotatable bonds is 0. The van der Waals surface area contributed by atoms with E-state index in [1.807, 2.05) is 0 Å². The number of hydrogen-bond acceptors (Lipinski definition) is 4. The molecule has 4 heteroatoms. The first kappa shape index (κ1) is 29.2. The van der Waals surface area contributed by atoms with Crippen LogP contribution in [0.3, 0.4) is 0 Å². The van der Waals surface area contributed by atoms with Crippen molar-refractivity contribution >= 4 is 64.6 Å². The molecule has 0 unspecified atom stereocenters. The van der Waals surface area contributed by atoms with E-state index < -0.39 is 0 Å². The highest BCUT2D eigenvalue weighted by molar-refractivity contribution is 6.27. The fraction of sp³-hybridized carbons (Fsp3) is 0.273. The molecule has 0 radical (unpaired) electrons. The first-order valence-electron chi connectivity index (χ1n) is 17.8. The van der Waals surface area contributed by atoms with Crippen LogP contribution < -0.4 is 18.9 Å². The number of hydrogen-bond donors (Lipinski definition) is 0. The topological polar surface area (TPSA) is 36.9 Å². The van der Waals surface area contributed by atoms with Gasteiger partial charge in [-0.3, -0.25) is 0 Å². The third kappa shape index (κ3) is 4.97. The second-order valence-electron chi connectivity index (χ2n) is 13.3. The Labute approximate surface area is 280 Å². The Bertz CT molecular complexity index is 2040. The zero-order valence-corrected chi connectivity index (χ0v) is 27.4. The highest BCUT2D eigenvalue weighted by Crippen LogP contribution is 2.49. The van der Waals surface area contributed by atoms with Crippen LogP contribution in [0.2, 0.25) is 0 Å². The standard InChI is InChI=1S/C44H40O4/c1-2-6-26-46-43-35-19-11-15-31-23-24-32-16-12-20-36(40(32)39(31)35)44(43)48-28-8-4-3-7-27-47-42-34-18-10-14-30-22-21-29-13-9-17-33(37(29)38(30)34)41(42)45-25-5-1/h9-24H,1-8,25-28H2. The van der Waals surface area contributed by atoms with E-state index in [1.165, 1.54) is 43.1 Å². The van der Waals surface area contributed by atoms with E-state index in [2.05, 4.69) is 97.1 Å². The van der Waals surface area contributed by atoms with Crippen LogP contribution in [0.25, 0.3) is 64.6 Å². The summed E-state index contributed by atoms with van der Waals surface area (Å²) in [6.07, 6.45) is 8.20. The van der Waals surface area contributed by atoms with E-state index in [0.29, 0.717) is 26.4 Å². The molecule has 0 bridgehead atoms. The molecule has 1 aliphatic heterocycles. The minimum Gasteiger partial charge on any atom is -0.489 e. The Hall–Kier alpha value is -4.96. The van der Waals surface area contributed by atoms with Gasteiger partial charge in [-0.15, -0.1) is 0 Å². The van der Waals surface area contributed by atoms with Gasteiger partial charge < -0.3 is 18.9 Å². The van der Waals surface area contributed by atoms with E-state index in [-0.39, 0.29) is 0 Å². The minimum atomic E-state index is 0.656. The molecule has 0 amide bonds. The van der Waals surface area contributed by atoms with Crippen LogP contribution in [-0.4, -0.2) is 26.4 Å². The molecule has 0 saturated heterocycles. The van der Waals surface area contributed by atoms with Crippen molar-refractivity contribution in [3.05, 3.63) is 97.1 Å². The van der Waals surface area contributed by atoms with Crippen LogP contribution in [0.1, 0.15) is 51.4 Å². The van der Waals surface area contributed by atoms with Gasteiger partial charge in [0, 0.05) is 43.1 Å². The molecular weight excluding hydrogens is 592 g/mol. The Morgan fingerprint density at radius 3 is 0.771 bits per heavy atom. The van der Waals surface area contributed by atoms with Crippen LogP contribution >= 0.6 is 0 Å². The Balaban J connectivity index is 1.00. The minimum absolute atomic E-state index is 0.656. The van der Waals surface area contributed by atoms with Crippen molar-refractivity contribution in [3.8, 4) is 23.0 Å². The van der Waals surface area contributed by atoms with Crippen LogP contribution in [0.5, 0.6) is 23.0 Å². The average Bonchev–Trinajstić information content (AvgIpc) is 3.13. The normalized spacial score (nSPS) is 16.0. The lowest BCUT2D eigenvalue weighted by molar-refractivity contribution is 0.249. The van der Waals surface area contributed by atoms with Crippen molar-refractivity contribution in [2.75, 3.05) is 26.4 Å². The summed E-state index contributed by atoms with van der Waals surface area (Å²) in [6.45, 7) is 2.63. The largest absolute Gasteiger partial charge is 0.489 e. The molecular formula is C44H40O4. The van der Waals surface area contributed by atoms with Gasteiger partial charge in [-0.05, 0) is 72.9 Å². The third-order valence-corrected chi connectivity index (χ3v) is 10.2. The van der Waals surface area contributed by atoms with Gasteiger partial charge >= 0.3 is 0 Å². The third-order valence-electron chi connectivity index (χ3n) is 10.2. The second-order valence-corrected chi connectivity index (χ2v) is 13.3. The van der Waals surface area contributed by atoms with Crippen molar-refractivity contribution in [2.45, 2.75) is 51.4 Å². The van der Waals surface area contributed by atoms with Crippen molar-refractivity contribution in [2.24, 2.45) is 0 Å². The van der Waals surface area contributed by atoms with Crippen LogP contribution in [-0.2, 0) is 0 Å². The van der Waals surface area contributed by atoms with Crippen molar-refractivity contribution in [1.29, 1.82) is 0 Å². The first-order valence-corrected chi connectivity index (χ1v) is 17.8. The molecule has 48 heavy (non-hydrogen) atoms. The van der Waals surface area contributed by atoms with E-state index >= 15 is 0 Å². The maximum atomic E-state index is 6.67. The molecule has 0 atom stereocenters. The summed E-state index contributed by atoms with van der Waals surface area (Å²) in [5.41, 5.74) is 0. The zero-order valence-electron chi connectivity index (χ0n) is 27.4. The van der Waals surface area contributed by atoms with E-state index in [0.717, 1.165) is 95.9 Å². The number of ether oxygens (including phenoxy) is 4. The molecule has 4 nitrogen and oxygen atoms in total. The van der Waals surface area contributed by atoms with Crippen molar-refractivity contribution < 1.29 is 18.9 Å². The highest BCUT2D eigenvalue weighted by atomic mass is 16.5. The van der Waals surface area contributed by atoms with Gasteiger partial charge in [0.2, 0.25) is 0 Å². The van der Waals surface area contributed by atoms with Crippen molar-refractivity contribution in [1.82, 2.24) is 0 Å². The SMILES string of the molecule is c1cc2ccc3cccc4c5c(c(c1)c2c34)OCCCCCCOc1c(c2cccc3ccc4cccc1c4c32)OCCCCCCO5. The molecule has 8 aromatic carbocycles. The summed E-state index contributed by atoms with van der Waals surface area (Å²) >= 11 is 0. The molecule has 0 aliphatic carbocycles. The lowest BCUT2D eigenvalue weighted by Gasteiger charge is -2.21. The Morgan fingerprint density at radius 1 is 0.271 bits per heavy atom. The Kier molecular flexibility index (Phi) is 7.65. The van der Waals surface area contributed by atoms with Gasteiger partial charge in [0.05, 0.1) is 26.4 Å². The second kappa shape index (κ2) is 12.6. The number of fused-ring (bicyclic) bond motifs is 6. The van der Waals surface area contributed by atoms with Crippen molar-refractivity contribution in [3.63, 3.8) is 0 Å². The Morgan fingerprint density at radius 2 is 0.521 bits per heavy atom. The van der Waals surface area contributed by atoms with Crippen LogP contribution in [0, 0.1) is 0 Å². The van der Waals surface area contributed by atoms with Crippen LogP contribution in [0.15, 0.2) is 97.1 Å². The van der Waals surface area contributed by atoms with Gasteiger partial charge in [-0.1, -0.05) is 97.1 Å². The van der Waals surface area contributed by atoms with Gasteiger partial charge in [-0.2, -0.15) is 0 Å². The van der Waals surface area contributed by atoms with Gasteiger partial charge in [-0.25, -0.2) is 0 Å². The summed E-state index contributed by atoms with van der Waals surface area (Å²) < 4.78 is 26.7. The molecule has 9 rings (SSSR count). The predicted molar refractivity (Wildman–Crippen MR) is 199 cm³/mol. The molecule has 1 heterocycles. The molecule has 240 valence electrons. The summed E-state index contributed by atoms with van der Waals surface area (Å²) in [6, 6.07) is 35.0. The summed E-state index contributed by atoms with van der Waals surface area (Å²) in [7, 11) is 0. The molecule has 0 spiro atoms. The summed E-state index contributed by atoms with van der Waals surface area (Å²) in [5, 5.41) is 14.6. The van der Waals surface area contributed by atoms with Crippen LogP contribution in [0.4, 0.5) is 0 Å². The zero-order chi connectivity index (χ0) is 31.9. The van der Waals surface area contributed by atoms with E-state index in [9.17, 15) is 0 Å². The monoisotopic (exact) mass is 632 g/mol. The molecule has 0 N–H and O–H groups in total. The first-order chi connectivity index (χ1) is 23.9. The predicted octanol–water partition coefficient (Wildman–Crippen LogP) is 11.8. The molecule has 0 fully saturated rings. The molecule has 1 aliphatic rings. The quantitative estimate of drug-likeness (QED) is 0.156. The maximum absolute atomic E-state index is 6.67. The fourth-order valence-corrected chi connectivity index (χ4v) is 7.94. The lowest BCUT2D eigenvalue weighted by atomic mass is 9.93. The van der Waals surface area contributed by atoms with Gasteiger partial charge in [0.25, 0.3) is 0 Å². The maximum Gasteiger partial charge on any atom is 0.169 e. The number of benzene rings is 8. The van der Waals surface area contributed by atoms with Gasteiger partial charge in [0.15, 0.2) is 23.0 Å². The van der Waals surface area contributed by atoms with Gasteiger partial charge in [0.1, 0.15) is 0 Å². The summed E-state index contributed by atoms with van der Waals surface area (Å²) in [4.78, 5) is 0. The molecule has 0 saturated carbocycles. The summed E-state index contributed by atoms with van der Waals surface area (Å²) in [5.74, 6) is 3.55. The highest BCUT2D eigenvalue weighted by Gasteiger charge is 2.22. The molecule has 0 aromatic heterocycles. The lowest BCUT2D eigenvalue weighted by Crippen LogP contribution is -2.06. The molecule has 8 aromatic rings. The fourth-order valence-electron chi connectivity index (χ4n) is 7.94.